The molecule has 0 spiro atoms. The van der Waals surface area contributed by atoms with Crippen LogP contribution < -0.4 is 5.32 Å². The van der Waals surface area contributed by atoms with E-state index in [1.165, 1.54) is 22.1 Å². The molecule has 6 nitrogen and oxygen atoms in total. The van der Waals surface area contributed by atoms with Gasteiger partial charge in [0.25, 0.3) is 0 Å². The fraction of sp³-hybridized carbons (Fsp3) is 0.200. The molecule has 0 bridgehead atoms. The van der Waals surface area contributed by atoms with Gasteiger partial charge in [-0.25, -0.2) is 8.42 Å². The average Bonchev–Trinajstić information content (AvgIpc) is 2.74. The molecule has 1 heterocycles. The molecule has 0 saturated carbocycles. The Labute approximate surface area is 168 Å². The first-order valence-corrected chi connectivity index (χ1v) is 11.2. The van der Waals surface area contributed by atoms with Gasteiger partial charge in [-0.2, -0.15) is 4.31 Å². The second-order valence-corrected chi connectivity index (χ2v) is 9.51. The summed E-state index contributed by atoms with van der Waals surface area (Å²) in [6, 6.07) is 18.6. The van der Waals surface area contributed by atoms with Crippen LogP contribution in [0.1, 0.15) is 0 Å². The molecular weight excluding hydrogens is 394 g/mol. The Morgan fingerprint density at radius 1 is 0.929 bits per heavy atom. The highest BCUT2D eigenvalue weighted by molar-refractivity contribution is 8.00. The van der Waals surface area contributed by atoms with Crippen molar-refractivity contribution in [2.24, 2.45) is 5.18 Å². The lowest BCUT2D eigenvalue weighted by Gasteiger charge is -2.27. The van der Waals surface area contributed by atoms with Crippen molar-refractivity contribution in [2.75, 3.05) is 26.2 Å². The first-order chi connectivity index (χ1) is 13.6. The minimum Gasteiger partial charge on any atom is -0.314 e. The zero-order chi connectivity index (χ0) is 19.6. The average molecular weight is 414 g/mol. The maximum Gasteiger partial charge on any atom is 0.244 e. The summed E-state index contributed by atoms with van der Waals surface area (Å²) in [7, 11) is -3.71. The molecule has 0 amide bonds. The van der Waals surface area contributed by atoms with Crippen molar-refractivity contribution in [3.05, 3.63) is 65.6 Å². The third kappa shape index (κ3) is 3.81. The van der Waals surface area contributed by atoms with Crippen LogP contribution in [0.5, 0.6) is 0 Å². The van der Waals surface area contributed by atoms with Crippen LogP contribution in [-0.2, 0) is 10.0 Å². The highest BCUT2D eigenvalue weighted by Gasteiger charge is 2.29. The number of benzene rings is 3. The second kappa shape index (κ2) is 8.00. The molecule has 28 heavy (non-hydrogen) atoms. The van der Waals surface area contributed by atoms with Crippen molar-refractivity contribution in [3.8, 4) is 0 Å². The monoisotopic (exact) mass is 413 g/mol. The molecule has 8 heteroatoms. The number of nitrogens with zero attached hydrogens (tertiary/aromatic N) is 2. The Kier molecular flexibility index (Phi) is 5.45. The molecule has 0 aliphatic carbocycles. The predicted molar refractivity (Wildman–Crippen MR) is 112 cm³/mol. The first kappa shape index (κ1) is 19.1. The van der Waals surface area contributed by atoms with Crippen molar-refractivity contribution >= 4 is 38.2 Å². The minimum absolute atomic E-state index is 0.108. The standard InChI is InChI=1S/C20H19N3O3S2/c24-22-17-6-8-19(20(14-17)28(25,26)23-11-9-21-10-12-23)27-18-7-5-15-3-1-2-4-16(15)13-18/h1-8,13-14,21H,9-12H2. The zero-order valence-corrected chi connectivity index (χ0v) is 16.7. The Morgan fingerprint density at radius 2 is 1.68 bits per heavy atom. The Bertz CT molecular complexity index is 1130. The number of piperazine rings is 1. The Morgan fingerprint density at radius 3 is 2.43 bits per heavy atom. The second-order valence-electron chi connectivity index (χ2n) is 6.49. The molecule has 0 radical (unpaired) electrons. The molecule has 0 atom stereocenters. The number of hydrogen-bond acceptors (Lipinski definition) is 6. The maximum atomic E-state index is 13.2. The molecule has 0 aromatic heterocycles. The van der Waals surface area contributed by atoms with Gasteiger partial charge >= 0.3 is 0 Å². The van der Waals surface area contributed by atoms with Crippen LogP contribution >= 0.6 is 11.8 Å². The summed E-state index contributed by atoms with van der Waals surface area (Å²) in [6.07, 6.45) is 0. The number of rotatable bonds is 5. The van der Waals surface area contributed by atoms with E-state index in [2.05, 4.69) is 10.5 Å². The van der Waals surface area contributed by atoms with E-state index < -0.39 is 10.0 Å². The number of nitrogens with one attached hydrogen (secondary N) is 1. The van der Waals surface area contributed by atoms with E-state index in [1.54, 1.807) is 12.1 Å². The van der Waals surface area contributed by atoms with Gasteiger partial charge in [-0.3, -0.25) is 0 Å². The largest absolute Gasteiger partial charge is 0.314 e. The Balaban J connectivity index is 1.74. The first-order valence-electron chi connectivity index (χ1n) is 8.93. The molecule has 144 valence electrons. The van der Waals surface area contributed by atoms with Crippen LogP contribution in [0.3, 0.4) is 0 Å². The number of fused-ring (bicyclic) bond motifs is 1. The van der Waals surface area contributed by atoms with Crippen molar-refractivity contribution in [1.82, 2.24) is 9.62 Å². The molecule has 1 N–H and O–H groups in total. The number of nitroso groups, excluding NO2 is 1. The highest BCUT2D eigenvalue weighted by atomic mass is 32.2. The third-order valence-corrected chi connectivity index (χ3v) is 7.81. The quantitative estimate of drug-likeness (QED) is 0.640. The topological polar surface area (TPSA) is 78.8 Å². The zero-order valence-electron chi connectivity index (χ0n) is 15.0. The summed E-state index contributed by atoms with van der Waals surface area (Å²) in [6.45, 7) is 2.03. The van der Waals surface area contributed by atoms with E-state index in [4.69, 9.17) is 0 Å². The fourth-order valence-electron chi connectivity index (χ4n) is 3.22. The Hall–Kier alpha value is -2.26. The maximum absolute atomic E-state index is 13.2. The molecule has 0 unspecified atom stereocenters. The van der Waals surface area contributed by atoms with Crippen molar-refractivity contribution in [2.45, 2.75) is 14.7 Å². The molecule has 1 aliphatic heterocycles. The van der Waals surface area contributed by atoms with Crippen LogP contribution in [0.2, 0.25) is 0 Å². The van der Waals surface area contributed by atoms with E-state index in [9.17, 15) is 13.3 Å². The molecule has 1 aliphatic rings. The number of hydrogen-bond donors (Lipinski definition) is 1. The van der Waals surface area contributed by atoms with Gasteiger partial charge in [-0.05, 0) is 46.3 Å². The fourth-order valence-corrected chi connectivity index (χ4v) is 6.07. The lowest BCUT2D eigenvalue weighted by molar-refractivity contribution is 0.359. The van der Waals surface area contributed by atoms with Crippen LogP contribution in [0.4, 0.5) is 5.69 Å². The van der Waals surface area contributed by atoms with Crippen LogP contribution in [0.25, 0.3) is 10.8 Å². The predicted octanol–water partition coefficient (Wildman–Crippen LogP) is 3.98. The van der Waals surface area contributed by atoms with Gasteiger partial charge in [0.2, 0.25) is 10.0 Å². The van der Waals surface area contributed by atoms with Gasteiger partial charge in [0.05, 0.1) is 4.90 Å². The van der Waals surface area contributed by atoms with E-state index in [-0.39, 0.29) is 10.6 Å². The molecular formula is C20H19N3O3S2. The highest BCUT2D eigenvalue weighted by Crippen LogP contribution is 2.37. The van der Waals surface area contributed by atoms with E-state index in [0.29, 0.717) is 31.1 Å². The van der Waals surface area contributed by atoms with Crippen LogP contribution in [-0.4, -0.2) is 38.9 Å². The number of sulfonamides is 1. The summed E-state index contributed by atoms with van der Waals surface area (Å²) in [4.78, 5) is 12.6. The van der Waals surface area contributed by atoms with Gasteiger partial charge in [-0.1, -0.05) is 42.1 Å². The summed E-state index contributed by atoms with van der Waals surface area (Å²) in [5.41, 5.74) is 0.108. The smallest absolute Gasteiger partial charge is 0.244 e. The normalized spacial score (nSPS) is 15.6. The van der Waals surface area contributed by atoms with Gasteiger partial charge in [0.15, 0.2) is 0 Å². The third-order valence-electron chi connectivity index (χ3n) is 4.68. The van der Waals surface area contributed by atoms with E-state index >= 15 is 0 Å². The molecule has 3 aromatic rings. The minimum atomic E-state index is -3.71. The molecule has 4 rings (SSSR count). The lowest BCUT2D eigenvalue weighted by Crippen LogP contribution is -2.46. The van der Waals surface area contributed by atoms with Gasteiger partial charge in [0, 0.05) is 36.0 Å². The van der Waals surface area contributed by atoms with Crippen LogP contribution in [0, 0.1) is 4.91 Å². The van der Waals surface area contributed by atoms with E-state index in [0.717, 1.165) is 15.7 Å². The lowest BCUT2D eigenvalue weighted by atomic mass is 10.1. The van der Waals surface area contributed by atoms with Gasteiger partial charge in [-0.15, -0.1) is 4.91 Å². The van der Waals surface area contributed by atoms with Crippen molar-refractivity contribution in [1.29, 1.82) is 0 Å². The van der Waals surface area contributed by atoms with Crippen molar-refractivity contribution in [3.63, 3.8) is 0 Å². The summed E-state index contributed by atoms with van der Waals surface area (Å²) >= 11 is 1.37. The summed E-state index contributed by atoms with van der Waals surface area (Å²) in [5.74, 6) is 0. The van der Waals surface area contributed by atoms with Gasteiger partial charge < -0.3 is 5.32 Å². The van der Waals surface area contributed by atoms with Gasteiger partial charge in [0.1, 0.15) is 5.69 Å². The van der Waals surface area contributed by atoms with E-state index in [1.807, 2.05) is 42.5 Å². The SMILES string of the molecule is O=Nc1ccc(Sc2ccc3ccccc3c2)c(S(=O)(=O)N2CCNCC2)c1. The molecule has 3 aromatic carbocycles. The summed E-state index contributed by atoms with van der Waals surface area (Å²) < 4.78 is 27.9. The molecule has 1 fully saturated rings. The summed E-state index contributed by atoms with van der Waals surface area (Å²) in [5, 5.41) is 8.29. The van der Waals surface area contributed by atoms with Crippen LogP contribution in [0.15, 0.2) is 80.5 Å². The molecule has 1 saturated heterocycles. The van der Waals surface area contributed by atoms with Crippen molar-refractivity contribution < 1.29 is 8.42 Å².